The van der Waals surface area contributed by atoms with Gasteiger partial charge in [0.15, 0.2) is 10.8 Å². The Morgan fingerprint density at radius 1 is 1.58 bits per heavy atom. The summed E-state index contributed by atoms with van der Waals surface area (Å²) < 4.78 is 2.17. The van der Waals surface area contributed by atoms with Gasteiger partial charge < -0.3 is 15.3 Å². The first kappa shape index (κ1) is 12.9. The van der Waals surface area contributed by atoms with Gasteiger partial charge in [-0.05, 0) is 25.8 Å². The number of hydrogen-bond donors (Lipinski definition) is 2. The first-order valence-corrected chi connectivity index (χ1v) is 7.66. The number of nitrogens with one attached hydrogen (secondary N) is 1. The number of nitrogens with zero attached hydrogens (tertiary/aromatic N) is 3. The molecule has 0 amide bonds. The molecule has 2 aromatic heterocycles. The maximum atomic E-state index is 9.37. The Morgan fingerprint density at radius 3 is 3.26 bits per heavy atom. The van der Waals surface area contributed by atoms with E-state index in [-0.39, 0.29) is 6.61 Å². The molecule has 1 atom stereocenters. The first-order valence-electron chi connectivity index (χ1n) is 6.78. The highest BCUT2D eigenvalue weighted by molar-refractivity contribution is 7.15. The lowest BCUT2D eigenvalue weighted by Gasteiger charge is -2.32. The smallest absolute Gasteiger partial charge is 0.195 e. The van der Waals surface area contributed by atoms with Crippen LogP contribution in [0.5, 0.6) is 0 Å². The molecule has 104 valence electrons. The van der Waals surface area contributed by atoms with Crippen LogP contribution >= 0.6 is 11.3 Å². The van der Waals surface area contributed by atoms with E-state index in [4.69, 9.17) is 4.98 Å². The second-order valence-corrected chi connectivity index (χ2v) is 5.98. The van der Waals surface area contributed by atoms with Crippen molar-refractivity contribution >= 4 is 22.1 Å². The molecular weight excluding hydrogens is 260 g/mol. The number of anilines is 1. The predicted octanol–water partition coefficient (Wildman–Crippen LogP) is 1.32. The molecule has 1 unspecified atom stereocenters. The third kappa shape index (κ3) is 2.35. The first-order chi connectivity index (χ1) is 9.33. The van der Waals surface area contributed by atoms with Crippen LogP contribution < -0.4 is 10.2 Å². The molecular formula is C13H20N4OS. The van der Waals surface area contributed by atoms with Crippen LogP contribution in [-0.2, 0) is 6.54 Å². The molecule has 3 rings (SSSR count). The van der Waals surface area contributed by atoms with Crippen molar-refractivity contribution in [2.45, 2.75) is 19.4 Å². The Balaban J connectivity index is 1.94. The molecule has 1 aliphatic heterocycles. The maximum Gasteiger partial charge on any atom is 0.195 e. The number of thiazole rings is 1. The maximum absolute atomic E-state index is 9.37. The molecule has 0 bridgehead atoms. The van der Waals surface area contributed by atoms with E-state index in [2.05, 4.69) is 26.2 Å². The van der Waals surface area contributed by atoms with Crippen molar-refractivity contribution in [1.29, 1.82) is 0 Å². The van der Waals surface area contributed by atoms with Crippen LogP contribution in [0.15, 0.2) is 11.6 Å². The average molecular weight is 280 g/mol. The minimum Gasteiger partial charge on any atom is -0.396 e. The van der Waals surface area contributed by atoms with Gasteiger partial charge in [-0.2, -0.15) is 0 Å². The van der Waals surface area contributed by atoms with Gasteiger partial charge >= 0.3 is 0 Å². The van der Waals surface area contributed by atoms with E-state index < -0.39 is 0 Å². The molecule has 2 N–H and O–H groups in total. The quantitative estimate of drug-likeness (QED) is 0.887. The van der Waals surface area contributed by atoms with Gasteiger partial charge in [0.25, 0.3) is 0 Å². The number of hydrogen-bond acceptors (Lipinski definition) is 5. The van der Waals surface area contributed by atoms with E-state index in [1.165, 1.54) is 5.69 Å². The lowest BCUT2D eigenvalue weighted by Crippen LogP contribution is -2.37. The summed E-state index contributed by atoms with van der Waals surface area (Å²) in [6.45, 7) is 3.05. The molecule has 19 heavy (non-hydrogen) atoms. The fraction of sp³-hybridized carbons (Fsp3) is 0.615. The van der Waals surface area contributed by atoms with Gasteiger partial charge in [0, 0.05) is 37.8 Å². The lowest BCUT2D eigenvalue weighted by molar-refractivity contribution is 0.208. The summed E-state index contributed by atoms with van der Waals surface area (Å²) >= 11 is 1.67. The molecule has 0 saturated carbocycles. The van der Waals surface area contributed by atoms with Crippen molar-refractivity contribution in [3.8, 4) is 0 Å². The fourth-order valence-corrected chi connectivity index (χ4v) is 3.54. The van der Waals surface area contributed by atoms with Crippen molar-refractivity contribution in [1.82, 2.24) is 14.7 Å². The van der Waals surface area contributed by atoms with Crippen molar-refractivity contribution in [2.24, 2.45) is 5.92 Å². The Labute approximate surface area is 116 Å². The number of aliphatic hydroxyl groups is 1. The van der Waals surface area contributed by atoms with Crippen molar-refractivity contribution in [2.75, 3.05) is 31.6 Å². The van der Waals surface area contributed by atoms with E-state index in [9.17, 15) is 5.11 Å². The van der Waals surface area contributed by atoms with E-state index in [1.807, 2.05) is 7.05 Å². The molecule has 1 saturated heterocycles. The van der Waals surface area contributed by atoms with Gasteiger partial charge in [0.05, 0.1) is 5.69 Å². The van der Waals surface area contributed by atoms with E-state index >= 15 is 0 Å². The third-order valence-electron chi connectivity index (χ3n) is 3.76. The highest BCUT2D eigenvalue weighted by Crippen LogP contribution is 2.28. The topological polar surface area (TPSA) is 52.8 Å². The summed E-state index contributed by atoms with van der Waals surface area (Å²) in [5.41, 5.74) is 1.22. The Kier molecular flexibility index (Phi) is 3.72. The zero-order valence-corrected chi connectivity index (χ0v) is 12.0. The normalized spacial score (nSPS) is 20.3. The zero-order valence-electron chi connectivity index (χ0n) is 11.2. The average Bonchev–Trinajstić information content (AvgIpc) is 3.02. The highest BCUT2D eigenvalue weighted by Gasteiger charge is 2.24. The Morgan fingerprint density at radius 2 is 2.47 bits per heavy atom. The van der Waals surface area contributed by atoms with Crippen LogP contribution in [0.4, 0.5) is 5.82 Å². The molecule has 0 aliphatic carbocycles. The number of fused-ring (bicyclic) bond motifs is 1. The summed E-state index contributed by atoms with van der Waals surface area (Å²) in [4.78, 5) is 8.15. The monoisotopic (exact) mass is 280 g/mol. The van der Waals surface area contributed by atoms with E-state index in [1.54, 1.807) is 11.3 Å². The van der Waals surface area contributed by atoms with Crippen molar-refractivity contribution in [3.63, 3.8) is 0 Å². The van der Waals surface area contributed by atoms with Crippen LogP contribution in [0.25, 0.3) is 4.96 Å². The molecule has 5 nitrogen and oxygen atoms in total. The molecule has 3 heterocycles. The summed E-state index contributed by atoms with van der Waals surface area (Å²) in [5, 5.41) is 14.7. The lowest BCUT2D eigenvalue weighted by atomic mass is 9.99. The number of imidazole rings is 1. The molecule has 1 fully saturated rings. The molecule has 0 radical (unpaired) electrons. The van der Waals surface area contributed by atoms with Crippen LogP contribution in [0.2, 0.25) is 0 Å². The van der Waals surface area contributed by atoms with Crippen LogP contribution in [0, 0.1) is 5.92 Å². The Bertz CT molecular complexity index is 550. The molecule has 6 heteroatoms. The van der Waals surface area contributed by atoms with Crippen molar-refractivity contribution in [3.05, 3.63) is 17.3 Å². The van der Waals surface area contributed by atoms with Gasteiger partial charge in [0.1, 0.15) is 0 Å². The molecule has 2 aromatic rings. The second kappa shape index (κ2) is 5.48. The second-order valence-electron chi connectivity index (χ2n) is 5.10. The Hall–Kier alpha value is -1.11. The summed E-state index contributed by atoms with van der Waals surface area (Å²) in [6.07, 6.45) is 4.34. The SMILES string of the molecule is CNCc1c(N2CCCC(CO)C2)nc2sccn12. The van der Waals surface area contributed by atoms with Gasteiger partial charge in [-0.3, -0.25) is 4.40 Å². The summed E-state index contributed by atoms with van der Waals surface area (Å²) in [6, 6.07) is 0. The van der Waals surface area contributed by atoms with E-state index in [0.717, 1.165) is 43.3 Å². The molecule has 0 aromatic carbocycles. The van der Waals surface area contributed by atoms with E-state index in [0.29, 0.717) is 5.92 Å². The molecule has 0 spiro atoms. The van der Waals surface area contributed by atoms with Gasteiger partial charge in [-0.25, -0.2) is 4.98 Å². The van der Waals surface area contributed by atoms with Gasteiger partial charge in [-0.1, -0.05) is 0 Å². The standard InChI is InChI=1S/C13H20N4OS/c1-14-7-11-12(15-13-17(11)5-6-19-13)16-4-2-3-10(8-16)9-18/h5-6,10,14,18H,2-4,7-9H2,1H3. The van der Waals surface area contributed by atoms with Crippen LogP contribution in [0.3, 0.4) is 0 Å². The van der Waals surface area contributed by atoms with Gasteiger partial charge in [-0.15, -0.1) is 11.3 Å². The highest BCUT2D eigenvalue weighted by atomic mass is 32.1. The number of rotatable bonds is 4. The largest absolute Gasteiger partial charge is 0.396 e. The minimum atomic E-state index is 0.278. The van der Waals surface area contributed by atoms with Crippen molar-refractivity contribution < 1.29 is 5.11 Å². The third-order valence-corrected chi connectivity index (χ3v) is 4.52. The fourth-order valence-electron chi connectivity index (χ4n) is 2.81. The molecule has 1 aliphatic rings. The van der Waals surface area contributed by atoms with Crippen LogP contribution in [0.1, 0.15) is 18.5 Å². The predicted molar refractivity (Wildman–Crippen MR) is 77.9 cm³/mol. The zero-order chi connectivity index (χ0) is 13.2. The minimum absolute atomic E-state index is 0.278. The van der Waals surface area contributed by atoms with Gasteiger partial charge in [0.2, 0.25) is 0 Å². The number of aromatic nitrogens is 2. The summed E-state index contributed by atoms with van der Waals surface area (Å²) in [5.74, 6) is 1.47. The van der Waals surface area contributed by atoms with Crippen LogP contribution in [-0.4, -0.2) is 41.2 Å². The summed E-state index contributed by atoms with van der Waals surface area (Å²) in [7, 11) is 1.96. The number of aliphatic hydroxyl groups excluding tert-OH is 1. The number of piperidine rings is 1.